The Morgan fingerprint density at radius 3 is 1.43 bits per heavy atom. The van der Waals surface area contributed by atoms with E-state index >= 15 is 0 Å². The smallest absolute Gasteiger partial charge is 0.722 e. The van der Waals surface area contributed by atoms with E-state index in [9.17, 15) is 3.89 Å². The molecule has 3 nitrogen and oxygen atoms in total. The summed E-state index contributed by atoms with van der Waals surface area (Å²) in [4.78, 5) is 0. The molecule has 0 saturated heterocycles. The van der Waals surface area contributed by atoms with Gasteiger partial charge in [-0.05, 0) is 0 Å². The molecule has 0 fully saturated rings. The Morgan fingerprint density at radius 2 is 1.43 bits per heavy atom. The molecule has 7 heavy (non-hydrogen) atoms. The third-order valence-electron chi connectivity index (χ3n) is 0. The Kier molecular flexibility index (Phi) is 10.1. The number of halogens is 2. The molecule has 0 heterocycles. The zero-order valence-corrected chi connectivity index (χ0v) is 4.24. The molecule has 0 aromatic rings. The van der Waals surface area contributed by atoms with Crippen molar-refractivity contribution in [1.82, 2.24) is 0 Å². The summed E-state index contributed by atoms with van der Waals surface area (Å²) in [6.45, 7) is 0. The van der Waals surface area contributed by atoms with E-state index in [4.69, 9.17) is 13.0 Å². The molecule has 0 aliphatic heterocycles. The fourth-order valence-electron chi connectivity index (χ4n) is 0. The minimum atomic E-state index is -5.42. The van der Waals surface area contributed by atoms with Crippen LogP contribution in [-0.4, -0.2) is 13.0 Å². The molecule has 0 saturated carbocycles. The molecule has 0 N–H and O–H groups in total. The molecule has 0 radical (unpaired) electrons. The van der Waals surface area contributed by atoms with Crippen molar-refractivity contribution in [1.29, 1.82) is 0 Å². The van der Waals surface area contributed by atoms with Gasteiger partial charge in [0.15, 0.2) is 0 Å². The fourth-order valence-corrected chi connectivity index (χ4v) is 0. The first-order valence-electron chi connectivity index (χ1n) is 0.654. The van der Waals surface area contributed by atoms with Crippen molar-refractivity contribution in [2.75, 3.05) is 0 Å². The van der Waals surface area contributed by atoms with Gasteiger partial charge in [0.05, 0.1) is 0 Å². The van der Waals surface area contributed by atoms with Crippen LogP contribution in [0.2, 0.25) is 0 Å². The zero-order valence-electron chi connectivity index (χ0n) is 3.42. The summed E-state index contributed by atoms with van der Waals surface area (Å²) in [6, 6.07) is 0. The van der Waals surface area contributed by atoms with Gasteiger partial charge in [0.25, 0.3) is 10.5 Å². The van der Waals surface area contributed by atoms with Crippen LogP contribution in [0.3, 0.4) is 0 Å². The van der Waals surface area contributed by atoms with Gasteiger partial charge in [0.1, 0.15) is 0 Å². The summed E-state index contributed by atoms with van der Waals surface area (Å²) in [5.41, 5.74) is 0. The van der Waals surface area contributed by atoms with Crippen LogP contribution >= 0.6 is 0 Å². The van der Waals surface area contributed by atoms with E-state index in [1.54, 1.807) is 0 Å². The van der Waals surface area contributed by atoms with Crippen molar-refractivity contribution >= 4 is 10.5 Å². The monoisotopic (exact) mass is 126 g/mol. The largest absolute Gasteiger partial charge is 1.00 e. The zero-order chi connectivity index (χ0) is 4.50. The first-order valence-corrected chi connectivity index (χ1v) is 1.96. The van der Waals surface area contributed by atoms with E-state index in [0.29, 0.717) is 0 Å². The molecular weight excluding hydrogens is 125 g/mol. The number of hydrogen-bond acceptors (Lipinski definition) is 3. The standard InChI is InChI=1S/FHO3S.FH.Li/c1-5(2,3)4;;/h(H,2,3,4);1H;/q;;+1/p-1. The molecule has 0 atom stereocenters. The van der Waals surface area contributed by atoms with Crippen LogP contribution in [0.5, 0.6) is 0 Å². The quantitative estimate of drug-likeness (QED) is 0.193. The van der Waals surface area contributed by atoms with Gasteiger partial charge < -0.3 is 4.55 Å². The summed E-state index contributed by atoms with van der Waals surface area (Å²) < 4.78 is 35.3. The summed E-state index contributed by atoms with van der Waals surface area (Å²) in [5, 5.41) is 0. The maximum Gasteiger partial charge on any atom is 1.00 e. The third-order valence-corrected chi connectivity index (χ3v) is 0. The molecular formula is HF2LiO3S. The molecule has 0 amide bonds. The summed E-state index contributed by atoms with van der Waals surface area (Å²) >= 11 is 0. The topological polar surface area (TPSA) is 57.2 Å². The first-order chi connectivity index (χ1) is 2.00. The summed E-state index contributed by atoms with van der Waals surface area (Å²) in [5.74, 6) is 0. The van der Waals surface area contributed by atoms with Crippen LogP contribution in [0.15, 0.2) is 0 Å². The fraction of sp³-hybridized carbons (Fsp3) is 0. The van der Waals surface area contributed by atoms with Crippen LogP contribution < -0.4 is 18.9 Å². The average Bonchev–Trinajstić information content (AvgIpc) is 0.722. The van der Waals surface area contributed by atoms with Crippen LogP contribution in [0.25, 0.3) is 0 Å². The maximum absolute atomic E-state index is 10.1. The molecule has 0 aromatic heterocycles. The molecule has 40 valence electrons. The van der Waals surface area contributed by atoms with Gasteiger partial charge in [-0.3, -0.25) is 4.70 Å². The Morgan fingerprint density at radius 1 is 1.43 bits per heavy atom. The van der Waals surface area contributed by atoms with Crippen LogP contribution in [-0.2, 0) is 10.5 Å². The second-order valence-electron chi connectivity index (χ2n) is 0.393. The van der Waals surface area contributed by atoms with E-state index in [0.717, 1.165) is 0 Å². The second-order valence-corrected chi connectivity index (χ2v) is 1.18. The van der Waals surface area contributed by atoms with Crippen LogP contribution in [0, 0.1) is 0 Å². The minimum absolute atomic E-state index is 0. The van der Waals surface area contributed by atoms with Crippen molar-refractivity contribution in [3.05, 3.63) is 0 Å². The predicted octanol–water partition coefficient (Wildman–Crippen LogP) is -3.43. The molecule has 0 aliphatic rings. The van der Waals surface area contributed by atoms with E-state index in [-0.39, 0.29) is 23.6 Å². The van der Waals surface area contributed by atoms with Gasteiger partial charge in [-0.2, -0.15) is 0 Å². The second kappa shape index (κ2) is 4.52. The van der Waals surface area contributed by atoms with Crippen molar-refractivity contribution in [3.8, 4) is 0 Å². The van der Waals surface area contributed by atoms with Gasteiger partial charge in [-0.1, -0.05) is 0 Å². The van der Waals surface area contributed by atoms with Crippen LogP contribution in [0.4, 0.5) is 8.59 Å². The number of hydrogen-bond donors (Lipinski definition) is 0. The molecule has 0 aromatic carbocycles. The first kappa shape index (κ1) is 15.7. The van der Waals surface area contributed by atoms with Gasteiger partial charge >= 0.3 is 18.9 Å². The Balaban J connectivity index is -0.0000000800. The Hall–Kier alpha value is 0.367. The van der Waals surface area contributed by atoms with Crippen molar-refractivity contribution in [2.45, 2.75) is 0 Å². The van der Waals surface area contributed by atoms with Gasteiger partial charge in [0, 0.05) is 0 Å². The van der Waals surface area contributed by atoms with Crippen molar-refractivity contribution in [2.24, 2.45) is 0 Å². The van der Waals surface area contributed by atoms with Crippen molar-refractivity contribution in [3.63, 3.8) is 0 Å². The van der Waals surface area contributed by atoms with Gasteiger partial charge in [0.2, 0.25) is 0 Å². The average molecular weight is 126 g/mol. The van der Waals surface area contributed by atoms with Crippen molar-refractivity contribution < 1.29 is 40.4 Å². The summed E-state index contributed by atoms with van der Waals surface area (Å²) in [6.07, 6.45) is 0. The predicted molar refractivity (Wildman–Crippen MR) is 13.3 cm³/mol. The maximum atomic E-state index is 10.1. The van der Waals surface area contributed by atoms with E-state index in [1.807, 2.05) is 0 Å². The Labute approximate surface area is 51.5 Å². The minimum Gasteiger partial charge on any atom is -0.722 e. The molecule has 0 aliphatic carbocycles. The van der Waals surface area contributed by atoms with Crippen LogP contribution in [0.1, 0.15) is 0 Å². The Bertz CT molecular complexity index is 96.1. The SMILES string of the molecule is F.O=S(=O)([O-])F.[Li+]. The van der Waals surface area contributed by atoms with Gasteiger partial charge in [-0.15, -0.1) is 3.89 Å². The van der Waals surface area contributed by atoms with Gasteiger partial charge in [-0.25, -0.2) is 8.42 Å². The van der Waals surface area contributed by atoms with E-state index < -0.39 is 10.5 Å². The third kappa shape index (κ3) is 900. The van der Waals surface area contributed by atoms with E-state index in [1.165, 1.54) is 0 Å². The number of rotatable bonds is 0. The molecule has 0 spiro atoms. The normalized spacial score (nSPS) is 8.29. The molecule has 0 rings (SSSR count). The van der Waals surface area contributed by atoms with E-state index in [2.05, 4.69) is 0 Å². The molecule has 0 bridgehead atoms. The molecule has 7 heteroatoms. The molecule has 0 unspecified atom stereocenters. The summed E-state index contributed by atoms with van der Waals surface area (Å²) in [7, 11) is -5.42.